The number of hydrogen-bond acceptors (Lipinski definition) is 6. The lowest BCUT2D eigenvalue weighted by atomic mass is 9.99. The Morgan fingerprint density at radius 2 is 1.68 bits per heavy atom. The van der Waals surface area contributed by atoms with E-state index in [1.165, 1.54) is 34.4 Å². The van der Waals surface area contributed by atoms with Gasteiger partial charge in [0.05, 0.1) is 18.9 Å². The third kappa shape index (κ3) is 4.94. The number of aromatic nitrogens is 3. The second-order valence-electron chi connectivity index (χ2n) is 11.1. The quantitative estimate of drug-likeness (QED) is 0.399. The standard InChI is InChI=1S/C31H38N6O/c1-21-15-25(16-22(2)30(21)37-10-9-26(20-37)35(3)4)29-17-27-28(18-32-31(27)34-33-29)24-7-5-23(6-8-24)19-36-11-13-38-14-12-36/h5-8,15-18,26H,9-14,19-20H2,1-4H3,(H,32,34). The molecule has 0 amide bonds. The molecule has 7 heteroatoms. The average Bonchev–Trinajstić information content (AvgIpc) is 3.57. The van der Waals surface area contributed by atoms with E-state index in [4.69, 9.17) is 4.74 Å². The molecule has 4 heterocycles. The van der Waals surface area contributed by atoms with Crippen LogP contribution >= 0.6 is 0 Å². The van der Waals surface area contributed by atoms with Crippen molar-refractivity contribution >= 4 is 16.7 Å². The summed E-state index contributed by atoms with van der Waals surface area (Å²) in [7, 11) is 4.36. The van der Waals surface area contributed by atoms with E-state index in [9.17, 15) is 0 Å². The monoisotopic (exact) mass is 510 g/mol. The van der Waals surface area contributed by atoms with Crippen LogP contribution in [0.4, 0.5) is 5.69 Å². The number of benzene rings is 2. The fourth-order valence-corrected chi connectivity index (χ4v) is 6.08. The minimum Gasteiger partial charge on any atom is -0.379 e. The van der Waals surface area contributed by atoms with Crippen LogP contribution in [0, 0.1) is 13.8 Å². The summed E-state index contributed by atoms with van der Waals surface area (Å²) in [4.78, 5) is 10.7. The zero-order valence-corrected chi connectivity index (χ0v) is 23.0. The number of ether oxygens (including phenoxy) is 1. The number of nitrogens with one attached hydrogen (secondary N) is 1. The average molecular weight is 511 g/mol. The molecule has 0 saturated carbocycles. The molecular weight excluding hydrogens is 472 g/mol. The van der Waals surface area contributed by atoms with Gasteiger partial charge in [-0.1, -0.05) is 24.3 Å². The van der Waals surface area contributed by atoms with E-state index in [1.807, 2.05) is 6.20 Å². The van der Waals surface area contributed by atoms with Crippen LogP contribution in [0.1, 0.15) is 23.1 Å². The maximum atomic E-state index is 5.48. The molecule has 0 bridgehead atoms. The molecule has 0 spiro atoms. The van der Waals surface area contributed by atoms with Gasteiger partial charge in [-0.25, -0.2) is 0 Å². The lowest BCUT2D eigenvalue weighted by Gasteiger charge is -2.26. The SMILES string of the molecule is Cc1cc(-c2cc3c(-c4ccc(CN5CCOCC5)cc4)c[nH]c3nn2)cc(C)c1N1CCC(N(C)C)C1. The van der Waals surface area contributed by atoms with Crippen molar-refractivity contribution in [1.82, 2.24) is 25.0 Å². The van der Waals surface area contributed by atoms with E-state index in [1.54, 1.807) is 0 Å². The van der Waals surface area contributed by atoms with Gasteiger partial charge in [-0.2, -0.15) is 0 Å². The molecule has 38 heavy (non-hydrogen) atoms. The third-order valence-corrected chi connectivity index (χ3v) is 8.21. The summed E-state index contributed by atoms with van der Waals surface area (Å²) in [6.07, 6.45) is 3.26. The summed E-state index contributed by atoms with van der Waals surface area (Å²) in [5.74, 6) is 0. The van der Waals surface area contributed by atoms with E-state index in [2.05, 4.69) is 100 Å². The summed E-state index contributed by atoms with van der Waals surface area (Å²) in [6, 6.07) is 16.3. The first-order chi connectivity index (χ1) is 18.5. The number of rotatable bonds is 6. The van der Waals surface area contributed by atoms with E-state index < -0.39 is 0 Å². The molecule has 2 aromatic carbocycles. The van der Waals surface area contributed by atoms with Crippen molar-refractivity contribution in [2.24, 2.45) is 0 Å². The fourth-order valence-electron chi connectivity index (χ4n) is 6.08. The van der Waals surface area contributed by atoms with Gasteiger partial charge in [-0.05, 0) is 74.8 Å². The summed E-state index contributed by atoms with van der Waals surface area (Å²) in [5.41, 5.74) is 10.5. The summed E-state index contributed by atoms with van der Waals surface area (Å²) >= 11 is 0. The lowest BCUT2D eigenvalue weighted by molar-refractivity contribution is 0.0342. The van der Waals surface area contributed by atoms with Crippen LogP contribution in [-0.2, 0) is 11.3 Å². The molecule has 0 radical (unpaired) electrons. The number of fused-ring (bicyclic) bond motifs is 1. The Balaban J connectivity index is 1.26. The lowest BCUT2D eigenvalue weighted by Crippen LogP contribution is -2.35. The molecule has 2 aliphatic heterocycles. The van der Waals surface area contributed by atoms with Crippen molar-refractivity contribution in [1.29, 1.82) is 0 Å². The highest BCUT2D eigenvalue weighted by Crippen LogP contribution is 2.35. The Kier molecular flexibility index (Phi) is 6.91. The Bertz CT molecular complexity index is 1400. The number of hydrogen-bond donors (Lipinski definition) is 1. The van der Waals surface area contributed by atoms with E-state index in [0.717, 1.165) is 73.8 Å². The van der Waals surface area contributed by atoms with Crippen LogP contribution in [0.3, 0.4) is 0 Å². The molecule has 0 aliphatic carbocycles. The highest BCUT2D eigenvalue weighted by atomic mass is 16.5. The predicted octanol–water partition coefficient (Wildman–Crippen LogP) is 4.88. The molecule has 1 unspecified atom stereocenters. The van der Waals surface area contributed by atoms with Crippen molar-refractivity contribution in [3.63, 3.8) is 0 Å². The number of morpholine rings is 1. The number of anilines is 1. The van der Waals surface area contributed by atoms with E-state index in [0.29, 0.717) is 6.04 Å². The second-order valence-corrected chi connectivity index (χ2v) is 11.1. The molecule has 2 aromatic heterocycles. The fraction of sp³-hybridized carbons (Fsp3) is 0.419. The number of likely N-dealkylation sites (N-methyl/N-ethyl adjacent to an activating group) is 1. The molecular formula is C31H38N6O. The highest BCUT2D eigenvalue weighted by Gasteiger charge is 2.26. The van der Waals surface area contributed by atoms with Crippen molar-refractivity contribution in [3.05, 3.63) is 65.4 Å². The third-order valence-electron chi connectivity index (χ3n) is 8.21. The predicted molar refractivity (Wildman–Crippen MR) is 155 cm³/mol. The maximum absolute atomic E-state index is 5.48. The van der Waals surface area contributed by atoms with Gasteiger partial charge in [0.25, 0.3) is 0 Å². The maximum Gasteiger partial charge on any atom is 0.160 e. The van der Waals surface area contributed by atoms with Crippen LogP contribution in [-0.4, -0.2) is 84.5 Å². The molecule has 2 fully saturated rings. The Hall–Kier alpha value is -3.26. The Morgan fingerprint density at radius 3 is 2.37 bits per heavy atom. The van der Waals surface area contributed by atoms with Crippen LogP contribution in [0.25, 0.3) is 33.4 Å². The van der Waals surface area contributed by atoms with Gasteiger partial charge < -0.3 is 19.5 Å². The number of aromatic amines is 1. The highest BCUT2D eigenvalue weighted by molar-refractivity contribution is 5.95. The minimum atomic E-state index is 0.613. The van der Waals surface area contributed by atoms with Crippen LogP contribution in [0.5, 0.6) is 0 Å². The molecule has 1 atom stereocenters. The van der Waals surface area contributed by atoms with Gasteiger partial charge in [0, 0.05) is 67.2 Å². The molecule has 2 aliphatic rings. The van der Waals surface area contributed by atoms with Crippen molar-refractivity contribution < 1.29 is 4.74 Å². The van der Waals surface area contributed by atoms with Crippen molar-refractivity contribution in [2.75, 3.05) is 58.4 Å². The number of aryl methyl sites for hydroxylation is 2. The Morgan fingerprint density at radius 1 is 0.947 bits per heavy atom. The van der Waals surface area contributed by atoms with Gasteiger partial charge in [-0.3, -0.25) is 4.90 Å². The van der Waals surface area contributed by atoms with Gasteiger partial charge in [-0.15, -0.1) is 10.2 Å². The topological polar surface area (TPSA) is 60.5 Å². The molecule has 4 aromatic rings. The van der Waals surface area contributed by atoms with Gasteiger partial charge in [0.2, 0.25) is 0 Å². The number of nitrogens with zero attached hydrogens (tertiary/aromatic N) is 5. The van der Waals surface area contributed by atoms with Gasteiger partial charge >= 0.3 is 0 Å². The largest absolute Gasteiger partial charge is 0.379 e. The molecule has 6 rings (SSSR count). The summed E-state index contributed by atoms with van der Waals surface area (Å²) < 4.78 is 5.48. The second kappa shape index (κ2) is 10.5. The summed E-state index contributed by atoms with van der Waals surface area (Å²) in [5, 5.41) is 10.2. The van der Waals surface area contributed by atoms with Crippen LogP contribution in [0.15, 0.2) is 48.7 Å². The zero-order chi connectivity index (χ0) is 26.2. The first-order valence-corrected chi connectivity index (χ1v) is 13.7. The minimum absolute atomic E-state index is 0.613. The Labute approximate surface area is 225 Å². The first-order valence-electron chi connectivity index (χ1n) is 13.7. The molecule has 198 valence electrons. The zero-order valence-electron chi connectivity index (χ0n) is 23.0. The normalized spacial score (nSPS) is 18.7. The van der Waals surface area contributed by atoms with E-state index >= 15 is 0 Å². The van der Waals surface area contributed by atoms with Crippen molar-refractivity contribution in [3.8, 4) is 22.4 Å². The van der Waals surface area contributed by atoms with Crippen molar-refractivity contribution in [2.45, 2.75) is 32.9 Å². The van der Waals surface area contributed by atoms with E-state index in [-0.39, 0.29) is 0 Å². The number of H-pyrrole nitrogens is 1. The van der Waals surface area contributed by atoms with Crippen LogP contribution in [0.2, 0.25) is 0 Å². The smallest absolute Gasteiger partial charge is 0.160 e. The van der Waals surface area contributed by atoms with Gasteiger partial charge in [0.1, 0.15) is 0 Å². The van der Waals surface area contributed by atoms with Gasteiger partial charge in [0.15, 0.2) is 5.65 Å². The molecule has 1 N–H and O–H groups in total. The van der Waals surface area contributed by atoms with Crippen LogP contribution < -0.4 is 4.90 Å². The summed E-state index contributed by atoms with van der Waals surface area (Å²) in [6.45, 7) is 11.3. The first kappa shape index (κ1) is 25.0. The molecule has 7 nitrogen and oxygen atoms in total. The molecule has 2 saturated heterocycles.